The summed E-state index contributed by atoms with van der Waals surface area (Å²) in [4.78, 5) is 10.3. The molecule has 0 unspecified atom stereocenters. The van der Waals surface area contributed by atoms with Gasteiger partial charge in [-0.3, -0.25) is 4.79 Å². The lowest BCUT2D eigenvalue weighted by Crippen LogP contribution is -2.12. The number of aliphatic carboxylic acids is 1. The molecule has 2 atom stereocenters. The van der Waals surface area contributed by atoms with Gasteiger partial charge in [0.05, 0.1) is 18.6 Å². The zero-order valence-corrected chi connectivity index (χ0v) is 5.33. The zero-order valence-electron chi connectivity index (χ0n) is 5.33. The van der Waals surface area contributed by atoms with Crippen LogP contribution >= 0.6 is 0 Å². The zero-order chi connectivity index (χ0) is 6.85. The molecule has 9 heavy (non-hydrogen) atoms. The van der Waals surface area contributed by atoms with Gasteiger partial charge >= 0.3 is 5.97 Å². The quantitative estimate of drug-likeness (QED) is 0.562. The number of carboxylic acid groups (broad SMARTS) is 1. The smallest absolute Gasteiger partial charge is 0.308 e. The van der Waals surface area contributed by atoms with Crippen molar-refractivity contribution in [1.82, 2.24) is 0 Å². The molecule has 0 aromatic carbocycles. The summed E-state index contributed by atoms with van der Waals surface area (Å²) in [6.07, 6.45) is 0.793. The fourth-order valence-electron chi connectivity index (χ4n) is 0.989. The summed E-state index contributed by atoms with van der Waals surface area (Å²) >= 11 is 0. The van der Waals surface area contributed by atoms with Crippen LogP contribution in [0, 0.1) is 5.92 Å². The molecule has 1 saturated heterocycles. The van der Waals surface area contributed by atoms with Crippen LogP contribution in [0.1, 0.15) is 13.3 Å². The van der Waals surface area contributed by atoms with Crippen molar-refractivity contribution >= 4 is 5.97 Å². The van der Waals surface area contributed by atoms with E-state index in [2.05, 4.69) is 0 Å². The van der Waals surface area contributed by atoms with Crippen molar-refractivity contribution in [2.45, 2.75) is 19.4 Å². The third-order valence-electron chi connectivity index (χ3n) is 1.55. The summed E-state index contributed by atoms with van der Waals surface area (Å²) in [5.41, 5.74) is 0. The number of carboxylic acids is 1. The highest BCUT2D eigenvalue weighted by molar-refractivity contribution is 5.70. The van der Waals surface area contributed by atoms with E-state index < -0.39 is 5.97 Å². The summed E-state index contributed by atoms with van der Waals surface area (Å²) in [7, 11) is 0. The summed E-state index contributed by atoms with van der Waals surface area (Å²) in [5.74, 6) is -1.00. The lowest BCUT2D eigenvalue weighted by atomic mass is 10.1. The van der Waals surface area contributed by atoms with E-state index in [1.807, 2.05) is 6.92 Å². The molecule has 0 bridgehead atoms. The molecule has 0 aliphatic carbocycles. The molecule has 52 valence electrons. The normalized spacial score (nSPS) is 34.8. The van der Waals surface area contributed by atoms with E-state index in [9.17, 15) is 4.79 Å². The largest absolute Gasteiger partial charge is 0.481 e. The average Bonchev–Trinajstić information content (AvgIpc) is 2.14. The third kappa shape index (κ3) is 1.42. The van der Waals surface area contributed by atoms with E-state index in [0.717, 1.165) is 0 Å². The highest BCUT2D eigenvalue weighted by Gasteiger charge is 2.27. The van der Waals surface area contributed by atoms with Crippen molar-refractivity contribution in [2.24, 2.45) is 5.92 Å². The molecule has 3 nitrogen and oxygen atoms in total. The van der Waals surface area contributed by atoms with Gasteiger partial charge in [0.2, 0.25) is 0 Å². The summed E-state index contributed by atoms with van der Waals surface area (Å²) in [6, 6.07) is 0. The van der Waals surface area contributed by atoms with Crippen LogP contribution in [0.5, 0.6) is 0 Å². The maximum atomic E-state index is 10.3. The van der Waals surface area contributed by atoms with Crippen molar-refractivity contribution in [2.75, 3.05) is 6.61 Å². The van der Waals surface area contributed by atoms with E-state index in [1.54, 1.807) is 0 Å². The molecule has 0 aromatic rings. The van der Waals surface area contributed by atoms with Crippen LogP contribution in [0.2, 0.25) is 0 Å². The van der Waals surface area contributed by atoms with Crippen molar-refractivity contribution in [3.63, 3.8) is 0 Å². The van der Waals surface area contributed by atoms with Crippen molar-refractivity contribution in [1.29, 1.82) is 0 Å². The van der Waals surface area contributed by atoms with E-state index in [-0.39, 0.29) is 12.0 Å². The van der Waals surface area contributed by atoms with Crippen LogP contribution in [0.4, 0.5) is 0 Å². The molecule has 0 saturated carbocycles. The molecule has 1 aliphatic heterocycles. The molecule has 1 aliphatic rings. The van der Waals surface area contributed by atoms with E-state index in [4.69, 9.17) is 9.84 Å². The first-order valence-electron chi connectivity index (χ1n) is 3.04. The monoisotopic (exact) mass is 130 g/mol. The fraction of sp³-hybridized carbons (Fsp3) is 0.833. The number of hydrogen-bond acceptors (Lipinski definition) is 2. The van der Waals surface area contributed by atoms with Gasteiger partial charge in [-0.15, -0.1) is 0 Å². The first-order valence-corrected chi connectivity index (χ1v) is 3.04. The second kappa shape index (κ2) is 2.35. The van der Waals surface area contributed by atoms with Crippen LogP contribution in [0.25, 0.3) is 0 Å². The van der Waals surface area contributed by atoms with Crippen LogP contribution < -0.4 is 0 Å². The van der Waals surface area contributed by atoms with Crippen LogP contribution in [0.15, 0.2) is 0 Å². The van der Waals surface area contributed by atoms with Crippen LogP contribution in [-0.2, 0) is 9.53 Å². The lowest BCUT2D eigenvalue weighted by Gasteiger charge is -1.96. The molecule has 0 radical (unpaired) electrons. The Morgan fingerprint density at radius 1 is 1.78 bits per heavy atom. The molecule has 1 N–H and O–H groups in total. The molecule has 1 heterocycles. The number of ether oxygens (including phenoxy) is 1. The Morgan fingerprint density at radius 2 is 2.44 bits per heavy atom. The van der Waals surface area contributed by atoms with Gasteiger partial charge in [0.1, 0.15) is 0 Å². The maximum absolute atomic E-state index is 10.3. The molecule has 0 aromatic heterocycles. The number of rotatable bonds is 1. The van der Waals surface area contributed by atoms with Gasteiger partial charge in [-0.25, -0.2) is 0 Å². The first kappa shape index (κ1) is 6.55. The molecular formula is C6H10O3. The molecular weight excluding hydrogens is 120 g/mol. The second-order valence-corrected chi connectivity index (χ2v) is 2.41. The molecule has 0 amide bonds. The Balaban J connectivity index is 2.39. The molecule has 3 heteroatoms. The highest BCUT2D eigenvalue weighted by atomic mass is 16.5. The average molecular weight is 130 g/mol. The van der Waals surface area contributed by atoms with Gasteiger partial charge in [0, 0.05) is 0 Å². The molecule has 0 spiro atoms. The minimum Gasteiger partial charge on any atom is -0.481 e. The Bertz CT molecular complexity index is 121. The summed E-state index contributed by atoms with van der Waals surface area (Å²) in [6.45, 7) is 2.28. The topological polar surface area (TPSA) is 46.5 Å². The lowest BCUT2D eigenvalue weighted by molar-refractivity contribution is -0.141. The number of carbonyl (C=O) groups is 1. The van der Waals surface area contributed by atoms with Crippen LogP contribution in [0.3, 0.4) is 0 Å². The third-order valence-corrected chi connectivity index (χ3v) is 1.55. The van der Waals surface area contributed by atoms with Crippen molar-refractivity contribution < 1.29 is 14.6 Å². The minimum atomic E-state index is -0.737. The van der Waals surface area contributed by atoms with Crippen molar-refractivity contribution in [3.05, 3.63) is 0 Å². The molecule has 1 fully saturated rings. The highest BCUT2D eigenvalue weighted by Crippen LogP contribution is 2.18. The van der Waals surface area contributed by atoms with Gasteiger partial charge in [-0.05, 0) is 13.3 Å². The first-order chi connectivity index (χ1) is 4.20. The Hall–Kier alpha value is -0.570. The molecule has 1 rings (SSSR count). The predicted molar refractivity (Wildman–Crippen MR) is 31.2 cm³/mol. The van der Waals surface area contributed by atoms with Gasteiger partial charge < -0.3 is 9.84 Å². The van der Waals surface area contributed by atoms with Crippen LogP contribution in [-0.4, -0.2) is 23.8 Å². The Morgan fingerprint density at radius 3 is 2.67 bits per heavy atom. The maximum Gasteiger partial charge on any atom is 0.308 e. The Kier molecular flexibility index (Phi) is 1.71. The van der Waals surface area contributed by atoms with Gasteiger partial charge in [-0.2, -0.15) is 0 Å². The minimum absolute atomic E-state index is 0.131. The van der Waals surface area contributed by atoms with Gasteiger partial charge in [0.25, 0.3) is 0 Å². The van der Waals surface area contributed by atoms with E-state index in [1.165, 1.54) is 0 Å². The number of hydrogen-bond donors (Lipinski definition) is 1. The van der Waals surface area contributed by atoms with Crippen molar-refractivity contribution in [3.8, 4) is 0 Å². The van der Waals surface area contributed by atoms with Gasteiger partial charge in [-0.1, -0.05) is 0 Å². The Labute approximate surface area is 53.6 Å². The van der Waals surface area contributed by atoms with Gasteiger partial charge in [0.15, 0.2) is 0 Å². The SMILES string of the molecule is C[C@@H]1C[C@@H](C(=O)O)CO1. The van der Waals surface area contributed by atoms with E-state index >= 15 is 0 Å². The second-order valence-electron chi connectivity index (χ2n) is 2.41. The predicted octanol–water partition coefficient (Wildman–Crippen LogP) is 0.496. The summed E-state index contributed by atoms with van der Waals surface area (Å²) in [5, 5.41) is 8.45. The fourth-order valence-corrected chi connectivity index (χ4v) is 0.989. The standard InChI is InChI=1S/C6H10O3/c1-4-2-5(3-9-4)6(7)8/h4-5H,2-3H2,1H3,(H,7,8)/t4-,5-/m1/s1. The van der Waals surface area contributed by atoms with E-state index in [0.29, 0.717) is 13.0 Å². The summed E-state index contributed by atoms with van der Waals surface area (Å²) < 4.78 is 5.05.